The lowest BCUT2D eigenvalue weighted by molar-refractivity contribution is -0.154. The van der Waals surface area contributed by atoms with E-state index in [9.17, 15) is 24.3 Å². The van der Waals surface area contributed by atoms with Crippen molar-refractivity contribution in [2.75, 3.05) is 30.1 Å². The summed E-state index contributed by atoms with van der Waals surface area (Å²) < 4.78 is 34.1. The molecule has 0 radical (unpaired) electrons. The van der Waals surface area contributed by atoms with E-state index >= 15 is 4.11 Å². The minimum atomic E-state index is -3.57. The van der Waals surface area contributed by atoms with Crippen LogP contribution in [0.3, 0.4) is 0 Å². The first-order valence-corrected chi connectivity index (χ1v) is 20.1. The second kappa shape index (κ2) is 14.2. The molecular weight excluding hydrogens is 674 g/mol. The van der Waals surface area contributed by atoms with Crippen LogP contribution < -0.4 is 14.5 Å². The summed E-state index contributed by atoms with van der Waals surface area (Å²) in [4.78, 5) is 57.5. The number of β-lactam (4-membered cyclic amide) rings is 1. The molecule has 3 aromatic rings. The van der Waals surface area contributed by atoms with Crippen molar-refractivity contribution in [1.29, 1.82) is 0 Å². The molecule has 0 aliphatic carbocycles. The molecule has 13 heteroatoms. The van der Waals surface area contributed by atoms with Gasteiger partial charge in [-0.25, -0.2) is 0 Å². The topological polar surface area (TPSA) is 126 Å². The molecule has 2 saturated heterocycles. The molecule has 1 spiro atoms. The van der Waals surface area contributed by atoms with Gasteiger partial charge >= 0.3 is 5.97 Å². The van der Waals surface area contributed by atoms with E-state index in [1.54, 1.807) is 59.3 Å². The van der Waals surface area contributed by atoms with Crippen molar-refractivity contribution in [1.82, 2.24) is 4.90 Å². The van der Waals surface area contributed by atoms with Crippen molar-refractivity contribution < 1.29 is 42.6 Å². The third-order valence-electron chi connectivity index (χ3n) is 10.2. The van der Waals surface area contributed by atoms with E-state index in [0.29, 0.717) is 28.3 Å². The lowest BCUT2D eigenvalue weighted by Gasteiger charge is -2.39. The second-order valence-electron chi connectivity index (χ2n) is 14.0. The first-order chi connectivity index (χ1) is 24.3. The van der Waals surface area contributed by atoms with Gasteiger partial charge in [-0.2, -0.15) is 0 Å². The summed E-state index contributed by atoms with van der Waals surface area (Å²) >= 11 is 0. The molecule has 3 aliphatic rings. The average molecular weight is 718 g/mol. The third-order valence-corrected chi connectivity index (χ3v) is 12.7. The number of carbonyl (C=O) groups excluding carboxylic acids is 4. The average Bonchev–Trinajstić information content (AvgIpc) is 3.50. The van der Waals surface area contributed by atoms with Gasteiger partial charge in [-0.05, 0) is 54.6 Å². The van der Waals surface area contributed by atoms with Crippen molar-refractivity contribution in [2.45, 2.75) is 76.3 Å². The maximum atomic E-state index is 16.5. The molecule has 0 saturated carbocycles. The second-order valence-corrected chi connectivity index (χ2v) is 17.8. The summed E-state index contributed by atoms with van der Waals surface area (Å²) in [5, 5.41) is 9.80. The van der Waals surface area contributed by atoms with E-state index in [1.807, 2.05) is 43.3 Å². The maximum absolute atomic E-state index is 16.5. The van der Waals surface area contributed by atoms with Gasteiger partial charge in [0.2, 0.25) is 20.2 Å². The molecule has 2 fully saturated rings. The Hall–Kier alpha value is -4.59. The number of aliphatic hydroxyl groups is 1. The van der Waals surface area contributed by atoms with E-state index in [0.717, 1.165) is 5.56 Å². The number of benzene rings is 3. The van der Waals surface area contributed by atoms with Crippen LogP contribution >= 0.6 is 0 Å². The molecule has 0 bridgehead atoms. The number of fused-ring (bicyclic) bond motifs is 2. The van der Waals surface area contributed by atoms with Gasteiger partial charge in [-0.1, -0.05) is 49.4 Å². The van der Waals surface area contributed by atoms with E-state index in [2.05, 4.69) is 0 Å². The number of hydrogen-bond donors (Lipinski definition) is 1. The normalized spacial score (nSPS) is 24.1. The number of amides is 3. The lowest BCUT2D eigenvalue weighted by atomic mass is 9.82. The van der Waals surface area contributed by atoms with Crippen molar-refractivity contribution in [3.05, 3.63) is 89.5 Å². The fourth-order valence-electron chi connectivity index (χ4n) is 8.00. The number of anilines is 2. The van der Waals surface area contributed by atoms with Gasteiger partial charge < -0.3 is 33.2 Å². The Kier molecular flexibility index (Phi) is 10.1. The smallest absolute Gasteiger partial charge is 0.304 e. The van der Waals surface area contributed by atoms with Crippen LogP contribution in [0.15, 0.2) is 72.8 Å². The molecule has 6 rings (SSSR count). The molecule has 3 amide bonds. The van der Waals surface area contributed by atoms with E-state index in [-0.39, 0.29) is 56.8 Å². The summed E-state index contributed by atoms with van der Waals surface area (Å²) in [6.45, 7) is 6.51. The number of rotatable bonds is 12. The zero-order valence-electron chi connectivity index (χ0n) is 29.5. The Morgan fingerprint density at radius 2 is 1.78 bits per heavy atom. The van der Waals surface area contributed by atoms with E-state index in [1.165, 1.54) is 18.9 Å². The first kappa shape index (κ1) is 36.2. The molecule has 270 valence electrons. The quantitative estimate of drug-likeness (QED) is 0.119. The monoisotopic (exact) mass is 717 g/mol. The Morgan fingerprint density at radius 3 is 2.43 bits per heavy atom. The Balaban J connectivity index is 1.33. The number of nitrogens with zero attached hydrogens (tertiary/aromatic N) is 3. The molecule has 5 atom stereocenters. The Labute approximate surface area is 298 Å². The molecule has 51 heavy (non-hydrogen) atoms. The van der Waals surface area contributed by atoms with Gasteiger partial charge in [0.15, 0.2) is 11.8 Å². The molecule has 11 nitrogen and oxygen atoms in total. The van der Waals surface area contributed by atoms with Crippen LogP contribution in [0.4, 0.5) is 15.5 Å². The lowest BCUT2D eigenvalue weighted by Crippen LogP contribution is -2.54. The van der Waals surface area contributed by atoms with Crippen LogP contribution in [0.25, 0.3) is 0 Å². The van der Waals surface area contributed by atoms with Gasteiger partial charge in [0.25, 0.3) is 5.91 Å². The molecule has 1 unspecified atom stereocenters. The standard InChI is InChI=1S/C38H44FN3O8Si/c1-24-36(51(4,5)39)32(20-33(45)40(16-17-43)22-26-10-7-6-8-11-26)50-38(24)30-19-29(48-3)14-15-31(30)41(37(38)47)23-27-12-9-13-28(18-27)42-34(46)21-35(42)49-25(2)44/h6-15,18-19,24,32,35-36,43H,16-17,20-23H2,1-5H3/t24-,32+,35?,36-,38+/m1/s1. The van der Waals surface area contributed by atoms with Crippen molar-refractivity contribution >= 4 is 43.5 Å². The molecule has 3 aliphatic heterocycles. The highest BCUT2D eigenvalue weighted by atomic mass is 28.4. The van der Waals surface area contributed by atoms with Gasteiger partial charge in [-0.15, -0.1) is 0 Å². The number of methoxy groups -OCH3 is 1. The minimum Gasteiger partial charge on any atom is -0.497 e. The van der Waals surface area contributed by atoms with Gasteiger partial charge in [0.1, 0.15) is 5.75 Å². The number of halogens is 1. The van der Waals surface area contributed by atoms with E-state index in [4.69, 9.17) is 14.2 Å². The third kappa shape index (κ3) is 6.77. The maximum Gasteiger partial charge on any atom is 0.304 e. The van der Waals surface area contributed by atoms with Gasteiger partial charge in [0, 0.05) is 42.7 Å². The molecule has 3 heterocycles. The fraction of sp³-hybridized carbons (Fsp3) is 0.421. The van der Waals surface area contributed by atoms with Crippen molar-refractivity contribution in [3.63, 3.8) is 0 Å². The van der Waals surface area contributed by atoms with Gasteiger partial charge in [0.05, 0.1) is 44.9 Å². The summed E-state index contributed by atoms with van der Waals surface area (Å²) in [5.74, 6) is -1.50. The van der Waals surface area contributed by atoms with Gasteiger partial charge in [-0.3, -0.25) is 24.1 Å². The SMILES string of the molecule is COc1ccc2c(c1)[C@]1(O[C@@H](CC(=O)N(CCO)Cc3ccccc3)[C@H]([Si](C)(C)F)[C@H]1C)C(=O)N2Cc1cccc(N2C(=O)CC2OC(C)=O)c1. The molecule has 1 N–H and O–H groups in total. The number of hydrogen-bond acceptors (Lipinski definition) is 8. The predicted molar refractivity (Wildman–Crippen MR) is 190 cm³/mol. The minimum absolute atomic E-state index is 0.0878. The van der Waals surface area contributed by atoms with Crippen LogP contribution in [-0.4, -0.2) is 74.7 Å². The highest BCUT2D eigenvalue weighted by molar-refractivity contribution is 6.72. The van der Waals surface area contributed by atoms with Crippen molar-refractivity contribution in [2.24, 2.45) is 5.92 Å². The summed E-state index contributed by atoms with van der Waals surface area (Å²) in [5.41, 5.74) is 0.933. The van der Waals surface area contributed by atoms with Crippen molar-refractivity contribution in [3.8, 4) is 5.75 Å². The largest absolute Gasteiger partial charge is 0.497 e. The van der Waals surface area contributed by atoms with Crippen LogP contribution in [0, 0.1) is 5.92 Å². The molecule has 0 aromatic heterocycles. The summed E-state index contributed by atoms with van der Waals surface area (Å²) in [6, 6.07) is 21.8. The zero-order chi connectivity index (χ0) is 36.7. The molecular formula is C38H44FN3O8Si. The number of carbonyl (C=O) groups is 4. The Bertz CT molecular complexity index is 1820. The highest BCUT2D eigenvalue weighted by Crippen LogP contribution is 2.60. The number of esters is 1. The van der Waals surface area contributed by atoms with Crippen LogP contribution in [-0.2, 0) is 47.3 Å². The van der Waals surface area contributed by atoms with Crippen LogP contribution in [0.2, 0.25) is 18.6 Å². The number of aliphatic hydroxyl groups excluding tert-OH is 1. The van der Waals surface area contributed by atoms with E-state index < -0.39 is 43.8 Å². The summed E-state index contributed by atoms with van der Waals surface area (Å²) in [7, 11) is -2.04. The predicted octanol–water partition coefficient (Wildman–Crippen LogP) is 5.05. The first-order valence-electron chi connectivity index (χ1n) is 17.2. The fourth-order valence-corrected chi connectivity index (χ4v) is 10.5. The van der Waals surface area contributed by atoms with Crippen LogP contribution in [0.5, 0.6) is 5.75 Å². The zero-order valence-corrected chi connectivity index (χ0v) is 30.5. The van der Waals surface area contributed by atoms with Crippen LogP contribution in [0.1, 0.15) is 43.4 Å². The highest BCUT2D eigenvalue weighted by Gasteiger charge is 2.67. The Morgan fingerprint density at radius 1 is 1.06 bits per heavy atom. The number of ether oxygens (including phenoxy) is 3. The molecule has 3 aromatic carbocycles. The summed E-state index contributed by atoms with van der Waals surface area (Å²) in [6.07, 6.45) is -1.68.